The molecule has 164 valence electrons. The topological polar surface area (TPSA) is 90.1 Å². The van der Waals surface area contributed by atoms with Crippen LogP contribution in [0.2, 0.25) is 0 Å². The number of carbonyl (C=O) groups excluding carboxylic acids is 1. The molecule has 0 saturated heterocycles. The van der Waals surface area contributed by atoms with Gasteiger partial charge in [-0.1, -0.05) is 6.92 Å². The fourth-order valence-corrected chi connectivity index (χ4v) is 9.18. The Morgan fingerprint density at radius 2 is 1.87 bits per heavy atom. The Hall–Kier alpha value is -1.34. The molecular weight excluding hydrogens is 380 g/mol. The molecule has 5 aliphatic rings. The van der Waals surface area contributed by atoms with Crippen LogP contribution in [0.15, 0.2) is 6.33 Å². The van der Waals surface area contributed by atoms with E-state index < -0.39 is 5.60 Å². The largest absolute Gasteiger partial charge is 0.387 e. The number of hydrogen-bond donors (Lipinski definition) is 1. The van der Waals surface area contributed by atoms with Gasteiger partial charge in [-0.3, -0.25) is 4.79 Å². The molecule has 1 aromatic heterocycles. The van der Waals surface area contributed by atoms with E-state index in [0.29, 0.717) is 30.1 Å². The van der Waals surface area contributed by atoms with Gasteiger partial charge >= 0.3 is 0 Å². The number of ether oxygens (including phenoxy) is 1. The maximum Gasteiger partial charge on any atom is 0.158 e. The van der Waals surface area contributed by atoms with Gasteiger partial charge in [-0.25, -0.2) is 4.68 Å². The highest BCUT2D eigenvalue weighted by atomic mass is 16.5. The number of carbonyl (C=O) groups is 1. The Morgan fingerprint density at radius 3 is 2.63 bits per heavy atom. The molecule has 0 aromatic carbocycles. The smallest absolute Gasteiger partial charge is 0.158 e. The van der Waals surface area contributed by atoms with Crippen molar-refractivity contribution in [2.75, 3.05) is 7.11 Å². The summed E-state index contributed by atoms with van der Waals surface area (Å²) in [7, 11) is 1.76. The zero-order chi connectivity index (χ0) is 20.7. The number of nitrogens with zero attached hydrogens (tertiary/aromatic N) is 4. The third-order valence-electron chi connectivity index (χ3n) is 10.4. The maximum absolute atomic E-state index is 13.2. The molecule has 0 spiro atoms. The minimum atomic E-state index is -0.535. The second-order valence-electron chi connectivity index (χ2n) is 11.2. The van der Waals surface area contributed by atoms with E-state index in [1.807, 2.05) is 0 Å². The molecule has 5 aliphatic carbocycles. The van der Waals surface area contributed by atoms with Crippen molar-refractivity contribution in [1.82, 2.24) is 20.2 Å². The van der Waals surface area contributed by atoms with Crippen LogP contribution < -0.4 is 0 Å². The predicted octanol–water partition coefficient (Wildman–Crippen LogP) is 2.50. The van der Waals surface area contributed by atoms with Gasteiger partial charge in [0.25, 0.3) is 0 Å². The van der Waals surface area contributed by atoms with Crippen molar-refractivity contribution < 1.29 is 14.6 Å². The van der Waals surface area contributed by atoms with E-state index in [4.69, 9.17) is 4.74 Å². The predicted molar refractivity (Wildman–Crippen MR) is 108 cm³/mol. The highest BCUT2D eigenvalue weighted by Crippen LogP contribution is 2.69. The van der Waals surface area contributed by atoms with E-state index in [-0.39, 0.29) is 17.4 Å². The van der Waals surface area contributed by atoms with Crippen molar-refractivity contribution in [1.29, 1.82) is 0 Å². The Morgan fingerprint density at radius 1 is 1.10 bits per heavy atom. The van der Waals surface area contributed by atoms with E-state index in [1.165, 1.54) is 25.7 Å². The van der Waals surface area contributed by atoms with Crippen LogP contribution >= 0.6 is 0 Å². The zero-order valence-corrected chi connectivity index (χ0v) is 18.1. The standard InChI is InChI=1S/C23H34N4O3/c1-22-9-7-13-14-8-10-23(29)20(21(23)30-2)16(14)4-3-15(13)17(22)5-6-18(22)19(28)11-27-12-24-25-26-27/h12-18,20-21,29H,3-11H2,1-2H3/t13-,14-,15-,16-,17+,18-,20?,21?,22+,23-/m1/s1. The van der Waals surface area contributed by atoms with Crippen molar-refractivity contribution in [3.63, 3.8) is 0 Å². The molecule has 0 amide bonds. The molecule has 5 fully saturated rings. The van der Waals surface area contributed by atoms with Crippen molar-refractivity contribution in [3.05, 3.63) is 6.33 Å². The molecule has 1 N–H and O–H groups in total. The normalized spacial score (nSPS) is 51.4. The van der Waals surface area contributed by atoms with Gasteiger partial charge in [-0.05, 0) is 96.8 Å². The molecule has 30 heavy (non-hydrogen) atoms. The molecule has 5 saturated carbocycles. The van der Waals surface area contributed by atoms with E-state index in [0.717, 1.165) is 43.4 Å². The summed E-state index contributed by atoms with van der Waals surface area (Å²) in [5, 5.41) is 22.2. The first-order chi connectivity index (χ1) is 14.5. The highest BCUT2D eigenvalue weighted by molar-refractivity contribution is 5.82. The monoisotopic (exact) mass is 414 g/mol. The van der Waals surface area contributed by atoms with Crippen LogP contribution in [0.4, 0.5) is 0 Å². The van der Waals surface area contributed by atoms with Crippen molar-refractivity contribution >= 4 is 5.78 Å². The van der Waals surface area contributed by atoms with E-state index >= 15 is 0 Å². The van der Waals surface area contributed by atoms with Crippen LogP contribution in [0.25, 0.3) is 0 Å². The van der Waals surface area contributed by atoms with Gasteiger partial charge in [0.1, 0.15) is 12.9 Å². The average molecular weight is 415 g/mol. The summed E-state index contributed by atoms with van der Waals surface area (Å²) in [6, 6.07) is 0. The first-order valence-electron chi connectivity index (χ1n) is 12.0. The lowest BCUT2D eigenvalue weighted by atomic mass is 9.49. The van der Waals surface area contributed by atoms with Crippen LogP contribution in [0.1, 0.15) is 58.3 Å². The number of Topliss-reactive ketones (excluding diaryl/α,β-unsaturated/α-hetero) is 1. The molecule has 2 unspecified atom stereocenters. The Kier molecular flexibility index (Phi) is 4.24. The molecule has 0 radical (unpaired) electrons. The fraction of sp³-hybridized carbons (Fsp3) is 0.913. The quantitative estimate of drug-likeness (QED) is 0.814. The molecule has 10 atom stereocenters. The van der Waals surface area contributed by atoms with Gasteiger partial charge in [-0.2, -0.15) is 0 Å². The molecule has 1 aromatic rings. The van der Waals surface area contributed by atoms with Gasteiger partial charge < -0.3 is 9.84 Å². The van der Waals surface area contributed by atoms with Crippen LogP contribution in [-0.2, 0) is 16.1 Å². The second-order valence-corrected chi connectivity index (χ2v) is 11.2. The summed E-state index contributed by atoms with van der Waals surface area (Å²) in [4.78, 5) is 13.2. The minimum Gasteiger partial charge on any atom is -0.387 e. The maximum atomic E-state index is 13.2. The van der Waals surface area contributed by atoms with Crippen molar-refractivity contribution in [3.8, 4) is 0 Å². The Bertz CT molecular complexity index is 830. The number of ketones is 1. The molecule has 7 heteroatoms. The van der Waals surface area contributed by atoms with Crippen LogP contribution in [-0.4, -0.2) is 49.9 Å². The van der Waals surface area contributed by atoms with E-state index in [1.54, 1.807) is 18.1 Å². The summed E-state index contributed by atoms with van der Waals surface area (Å²) >= 11 is 0. The lowest BCUT2D eigenvalue weighted by Gasteiger charge is -2.55. The number of rotatable bonds is 4. The number of aromatic nitrogens is 4. The zero-order valence-electron chi connectivity index (χ0n) is 18.1. The number of hydrogen-bond acceptors (Lipinski definition) is 6. The number of tetrazole rings is 1. The molecule has 1 heterocycles. The van der Waals surface area contributed by atoms with Crippen LogP contribution in [0.5, 0.6) is 0 Å². The van der Waals surface area contributed by atoms with Gasteiger partial charge in [0.15, 0.2) is 5.78 Å². The molecule has 0 bridgehead atoms. The van der Waals surface area contributed by atoms with Crippen LogP contribution in [0, 0.1) is 46.8 Å². The molecule has 6 rings (SSSR count). The van der Waals surface area contributed by atoms with Gasteiger partial charge in [0, 0.05) is 18.9 Å². The van der Waals surface area contributed by atoms with Gasteiger partial charge in [-0.15, -0.1) is 5.10 Å². The summed E-state index contributed by atoms with van der Waals surface area (Å²) in [5.74, 6) is 4.39. The first kappa shape index (κ1) is 19.4. The second kappa shape index (κ2) is 6.58. The fourth-order valence-electron chi connectivity index (χ4n) is 9.18. The molecule has 0 aliphatic heterocycles. The number of methoxy groups -OCH3 is 1. The molecular formula is C23H34N4O3. The molecule has 7 nitrogen and oxygen atoms in total. The van der Waals surface area contributed by atoms with Gasteiger partial charge in [0.2, 0.25) is 0 Å². The summed E-state index contributed by atoms with van der Waals surface area (Å²) in [6.45, 7) is 2.70. The summed E-state index contributed by atoms with van der Waals surface area (Å²) in [6.07, 6.45) is 10.8. The van der Waals surface area contributed by atoms with E-state index in [9.17, 15) is 9.90 Å². The number of fused-ring (bicyclic) bond motifs is 7. The Labute approximate surface area is 177 Å². The summed E-state index contributed by atoms with van der Waals surface area (Å²) < 4.78 is 7.23. The van der Waals surface area contributed by atoms with Gasteiger partial charge in [0.05, 0.1) is 11.7 Å². The first-order valence-corrected chi connectivity index (χ1v) is 12.0. The lowest BCUT2D eigenvalue weighted by Crippen LogP contribution is -2.50. The lowest BCUT2D eigenvalue weighted by molar-refractivity contribution is -0.131. The minimum absolute atomic E-state index is 0.0673. The Balaban J connectivity index is 1.20. The van der Waals surface area contributed by atoms with Crippen molar-refractivity contribution in [2.45, 2.75) is 76.5 Å². The third kappa shape index (κ3) is 2.51. The summed E-state index contributed by atoms with van der Waals surface area (Å²) in [5.41, 5.74) is -0.407. The van der Waals surface area contributed by atoms with Crippen molar-refractivity contribution in [2.24, 2.45) is 46.8 Å². The SMILES string of the molecule is COC1C2[C@@H]3CC[C@@H]4[C@H](CC[C@]5(C)[C@@H](C(=O)Cn6cnnn6)CC[C@@H]45)[C@H]3CC[C@]12O. The van der Waals surface area contributed by atoms with Crippen LogP contribution in [0.3, 0.4) is 0 Å². The third-order valence-corrected chi connectivity index (χ3v) is 10.4. The number of aliphatic hydroxyl groups is 1. The highest BCUT2D eigenvalue weighted by Gasteiger charge is 2.72. The van der Waals surface area contributed by atoms with E-state index in [2.05, 4.69) is 22.4 Å². The average Bonchev–Trinajstić information content (AvgIpc) is 3.04.